The van der Waals surface area contributed by atoms with E-state index in [0.717, 1.165) is 0 Å². The Hall–Kier alpha value is -1.72. The summed E-state index contributed by atoms with van der Waals surface area (Å²) in [6.07, 6.45) is 0. The van der Waals surface area contributed by atoms with Gasteiger partial charge in [-0.2, -0.15) is 5.10 Å². The smallest absolute Gasteiger partial charge is 0.254 e. The van der Waals surface area contributed by atoms with E-state index in [1.165, 1.54) is 4.68 Å². The van der Waals surface area contributed by atoms with Gasteiger partial charge >= 0.3 is 0 Å². The molecule has 0 radical (unpaired) electrons. The molecule has 0 spiro atoms. The fourth-order valence-corrected chi connectivity index (χ4v) is 2.30. The Morgan fingerprint density at radius 2 is 1.86 bits per heavy atom. The van der Waals surface area contributed by atoms with E-state index in [-0.39, 0.29) is 16.8 Å². The fraction of sp³-hybridized carbons (Fsp3) is 0.286. The van der Waals surface area contributed by atoms with Gasteiger partial charge in [0.1, 0.15) is 11.4 Å². The largest absolute Gasteiger partial charge is 0.383 e. The first-order chi connectivity index (χ1) is 9.62. The molecule has 21 heavy (non-hydrogen) atoms. The van der Waals surface area contributed by atoms with Gasteiger partial charge in [-0.25, -0.2) is 4.68 Å². The van der Waals surface area contributed by atoms with Crippen LogP contribution in [-0.4, -0.2) is 15.7 Å². The molecule has 1 aromatic heterocycles. The van der Waals surface area contributed by atoms with Crippen molar-refractivity contribution in [1.82, 2.24) is 9.78 Å². The maximum Gasteiger partial charge on any atom is 0.254 e. The highest BCUT2D eigenvalue weighted by molar-refractivity contribution is 6.42. The van der Waals surface area contributed by atoms with E-state index in [4.69, 9.17) is 34.7 Å². The summed E-state index contributed by atoms with van der Waals surface area (Å²) >= 11 is 11.9. The molecule has 112 valence electrons. The summed E-state index contributed by atoms with van der Waals surface area (Å²) in [5.74, 6) is -0.422. The molecule has 5 nitrogen and oxygen atoms in total. The summed E-state index contributed by atoms with van der Waals surface area (Å²) in [6, 6.07) is 4.99. The molecule has 1 amide bonds. The van der Waals surface area contributed by atoms with Gasteiger partial charge in [-0.15, -0.1) is 0 Å². The lowest BCUT2D eigenvalue weighted by molar-refractivity contribution is 0.0999. The van der Waals surface area contributed by atoms with E-state index < -0.39 is 5.91 Å². The van der Waals surface area contributed by atoms with E-state index in [1.54, 1.807) is 18.2 Å². The highest BCUT2D eigenvalue weighted by atomic mass is 35.5. The van der Waals surface area contributed by atoms with Crippen molar-refractivity contribution in [3.05, 3.63) is 39.5 Å². The zero-order valence-electron chi connectivity index (χ0n) is 11.9. The number of carbonyl (C=O) groups is 1. The predicted octanol–water partition coefficient (Wildman–Crippen LogP) is 3.16. The van der Waals surface area contributed by atoms with E-state index in [9.17, 15) is 4.79 Å². The number of benzene rings is 1. The van der Waals surface area contributed by atoms with E-state index in [2.05, 4.69) is 5.10 Å². The predicted molar refractivity (Wildman–Crippen MR) is 85.2 cm³/mol. The molecule has 0 aliphatic carbocycles. The van der Waals surface area contributed by atoms with Gasteiger partial charge in [-0.05, 0) is 18.2 Å². The summed E-state index contributed by atoms with van der Waals surface area (Å²) in [7, 11) is 0. The topological polar surface area (TPSA) is 86.9 Å². The fourth-order valence-electron chi connectivity index (χ4n) is 2.01. The molecule has 0 aliphatic rings. The maximum absolute atomic E-state index is 11.7. The van der Waals surface area contributed by atoms with Gasteiger partial charge in [-0.1, -0.05) is 44.0 Å². The van der Waals surface area contributed by atoms with Crippen molar-refractivity contribution in [2.45, 2.75) is 26.2 Å². The van der Waals surface area contributed by atoms with E-state index in [0.29, 0.717) is 21.4 Å². The number of amides is 1. The summed E-state index contributed by atoms with van der Waals surface area (Å²) < 4.78 is 1.45. The first-order valence-corrected chi connectivity index (χ1v) is 7.02. The highest BCUT2D eigenvalue weighted by Gasteiger charge is 2.29. The molecule has 1 aromatic carbocycles. The highest BCUT2D eigenvalue weighted by Crippen LogP contribution is 2.31. The number of nitrogens with zero attached hydrogens (tertiary/aromatic N) is 2. The average Bonchev–Trinajstić information content (AvgIpc) is 2.70. The van der Waals surface area contributed by atoms with Gasteiger partial charge < -0.3 is 11.5 Å². The van der Waals surface area contributed by atoms with Crippen LogP contribution < -0.4 is 11.5 Å². The van der Waals surface area contributed by atoms with Crippen molar-refractivity contribution >= 4 is 34.9 Å². The van der Waals surface area contributed by atoms with Crippen LogP contribution >= 0.6 is 23.2 Å². The molecule has 0 fully saturated rings. The quantitative estimate of drug-likeness (QED) is 0.888. The Balaban J connectivity index is 2.71. The van der Waals surface area contributed by atoms with Gasteiger partial charge in [0.2, 0.25) is 0 Å². The van der Waals surface area contributed by atoms with E-state index >= 15 is 0 Å². The molecule has 4 N–H and O–H groups in total. The zero-order valence-corrected chi connectivity index (χ0v) is 13.5. The molecule has 0 atom stereocenters. The SMILES string of the molecule is CC(C)(C)c1nn(-c2ccc(Cl)c(Cl)c2)c(N)c1C(N)=O. The summed E-state index contributed by atoms with van der Waals surface area (Å²) in [6.45, 7) is 5.79. The van der Waals surface area contributed by atoms with Crippen LogP contribution in [0.2, 0.25) is 10.0 Å². The third-order valence-electron chi connectivity index (χ3n) is 3.03. The van der Waals surface area contributed by atoms with Gasteiger partial charge in [0.15, 0.2) is 0 Å². The molecule has 2 aromatic rings. The Morgan fingerprint density at radius 1 is 1.24 bits per heavy atom. The zero-order chi connectivity index (χ0) is 15.9. The molecule has 7 heteroatoms. The Morgan fingerprint density at radius 3 is 2.29 bits per heavy atom. The van der Waals surface area contributed by atoms with Crippen molar-refractivity contribution in [2.75, 3.05) is 5.73 Å². The van der Waals surface area contributed by atoms with Crippen LogP contribution in [0.1, 0.15) is 36.8 Å². The Kier molecular flexibility index (Phi) is 3.91. The molecule has 0 aliphatic heterocycles. The van der Waals surface area contributed by atoms with Crippen molar-refractivity contribution in [2.24, 2.45) is 5.73 Å². The van der Waals surface area contributed by atoms with Gasteiger partial charge in [-0.3, -0.25) is 4.79 Å². The number of hydrogen-bond acceptors (Lipinski definition) is 3. The monoisotopic (exact) mass is 326 g/mol. The second-order valence-corrected chi connectivity index (χ2v) is 6.55. The number of nitrogen functional groups attached to an aromatic ring is 1. The first-order valence-electron chi connectivity index (χ1n) is 6.27. The summed E-state index contributed by atoms with van der Waals surface area (Å²) in [5.41, 5.74) is 12.5. The lowest BCUT2D eigenvalue weighted by Gasteiger charge is -2.16. The third-order valence-corrected chi connectivity index (χ3v) is 3.76. The van der Waals surface area contributed by atoms with Crippen LogP contribution in [0.3, 0.4) is 0 Å². The molecular formula is C14H16Cl2N4O. The van der Waals surface area contributed by atoms with Crippen LogP contribution in [0, 0.1) is 0 Å². The average molecular weight is 327 g/mol. The maximum atomic E-state index is 11.7. The van der Waals surface area contributed by atoms with Crippen molar-refractivity contribution in [3.8, 4) is 5.69 Å². The number of carbonyl (C=O) groups excluding carboxylic acids is 1. The number of anilines is 1. The Bertz CT molecular complexity index is 716. The normalized spacial score (nSPS) is 11.7. The molecule has 2 rings (SSSR count). The van der Waals surface area contributed by atoms with Crippen LogP contribution in [0.15, 0.2) is 18.2 Å². The number of primary amides is 1. The van der Waals surface area contributed by atoms with Gasteiger partial charge in [0.25, 0.3) is 5.91 Å². The Labute approximate surface area is 132 Å². The lowest BCUT2D eigenvalue weighted by atomic mass is 9.89. The van der Waals surface area contributed by atoms with Crippen molar-refractivity contribution in [1.29, 1.82) is 0 Å². The number of halogens is 2. The van der Waals surface area contributed by atoms with Crippen molar-refractivity contribution < 1.29 is 4.79 Å². The second-order valence-electron chi connectivity index (χ2n) is 5.73. The molecule has 0 saturated heterocycles. The third kappa shape index (κ3) is 2.84. The minimum absolute atomic E-state index is 0.186. The van der Waals surface area contributed by atoms with Gasteiger partial charge in [0.05, 0.1) is 21.4 Å². The molecule has 0 unspecified atom stereocenters. The molecular weight excluding hydrogens is 311 g/mol. The van der Waals surface area contributed by atoms with Crippen LogP contribution in [0.5, 0.6) is 0 Å². The number of rotatable bonds is 2. The number of aromatic nitrogens is 2. The van der Waals surface area contributed by atoms with Crippen LogP contribution in [0.25, 0.3) is 5.69 Å². The minimum atomic E-state index is -0.608. The molecule has 0 bridgehead atoms. The van der Waals surface area contributed by atoms with Crippen LogP contribution in [-0.2, 0) is 5.41 Å². The van der Waals surface area contributed by atoms with E-state index in [1.807, 2.05) is 20.8 Å². The summed E-state index contributed by atoms with van der Waals surface area (Å²) in [4.78, 5) is 11.7. The lowest BCUT2D eigenvalue weighted by Crippen LogP contribution is -2.21. The minimum Gasteiger partial charge on any atom is -0.383 e. The standard InChI is InChI=1S/C14H16Cl2N4O/c1-14(2,3)11-10(13(18)21)12(17)20(19-11)7-4-5-8(15)9(16)6-7/h4-6H,17H2,1-3H3,(H2,18,21). The number of hydrogen-bond donors (Lipinski definition) is 2. The van der Waals surface area contributed by atoms with Crippen molar-refractivity contribution in [3.63, 3.8) is 0 Å². The molecule has 0 saturated carbocycles. The first kappa shape index (κ1) is 15.7. The second kappa shape index (κ2) is 5.24. The van der Waals surface area contributed by atoms with Gasteiger partial charge in [0, 0.05) is 5.41 Å². The summed E-state index contributed by atoms with van der Waals surface area (Å²) in [5, 5.41) is 5.24. The number of nitrogens with two attached hydrogens (primary N) is 2. The molecule has 1 heterocycles. The van der Waals surface area contributed by atoms with Crippen LogP contribution in [0.4, 0.5) is 5.82 Å².